The summed E-state index contributed by atoms with van der Waals surface area (Å²) in [6.45, 7) is 3.97. The second kappa shape index (κ2) is 3.95. The van der Waals surface area contributed by atoms with Crippen molar-refractivity contribution in [3.8, 4) is 0 Å². The molecule has 0 aliphatic rings. The standard InChI is InChI=1S/C12H17N3/c1-3-15-8-9(7-14-2)10-5-4-6-11(13)12(10)15/h4-6,8,14H,3,7,13H2,1-2H3. The van der Waals surface area contributed by atoms with E-state index in [0.29, 0.717) is 0 Å². The van der Waals surface area contributed by atoms with Crippen LogP contribution in [0.25, 0.3) is 10.9 Å². The van der Waals surface area contributed by atoms with Crippen LogP contribution < -0.4 is 11.1 Å². The molecule has 0 radical (unpaired) electrons. The summed E-state index contributed by atoms with van der Waals surface area (Å²) in [5.41, 5.74) is 9.32. The Labute approximate surface area is 89.9 Å². The fourth-order valence-electron chi connectivity index (χ4n) is 2.04. The molecule has 0 fully saturated rings. The highest BCUT2D eigenvalue weighted by Crippen LogP contribution is 2.26. The number of rotatable bonds is 3. The third-order valence-electron chi connectivity index (χ3n) is 2.72. The molecule has 3 nitrogen and oxygen atoms in total. The van der Waals surface area contributed by atoms with Crippen LogP contribution in [0, 0.1) is 0 Å². The number of fused-ring (bicyclic) bond motifs is 1. The molecule has 0 unspecified atom stereocenters. The fraction of sp³-hybridized carbons (Fsp3) is 0.333. The predicted molar refractivity (Wildman–Crippen MR) is 64.8 cm³/mol. The van der Waals surface area contributed by atoms with Crippen LogP contribution >= 0.6 is 0 Å². The first-order chi connectivity index (χ1) is 7.27. The lowest BCUT2D eigenvalue weighted by atomic mass is 10.1. The summed E-state index contributed by atoms with van der Waals surface area (Å²) in [5, 5.41) is 4.43. The van der Waals surface area contributed by atoms with E-state index in [9.17, 15) is 0 Å². The van der Waals surface area contributed by atoms with Gasteiger partial charge in [-0.1, -0.05) is 12.1 Å². The molecule has 0 aliphatic carbocycles. The Bertz CT molecular complexity index is 471. The third kappa shape index (κ3) is 1.59. The predicted octanol–water partition coefficient (Wildman–Crippen LogP) is 1.96. The van der Waals surface area contributed by atoms with Crippen molar-refractivity contribution in [2.75, 3.05) is 12.8 Å². The van der Waals surface area contributed by atoms with Gasteiger partial charge in [-0.3, -0.25) is 0 Å². The number of hydrogen-bond donors (Lipinski definition) is 2. The number of nitrogen functional groups attached to an aromatic ring is 1. The monoisotopic (exact) mass is 203 g/mol. The van der Waals surface area contributed by atoms with Crippen LogP contribution in [0.2, 0.25) is 0 Å². The van der Waals surface area contributed by atoms with E-state index >= 15 is 0 Å². The van der Waals surface area contributed by atoms with Gasteiger partial charge in [-0.15, -0.1) is 0 Å². The second-order valence-corrected chi connectivity index (χ2v) is 3.71. The highest BCUT2D eigenvalue weighted by atomic mass is 15.0. The molecule has 2 rings (SSSR count). The van der Waals surface area contributed by atoms with Gasteiger partial charge in [-0.2, -0.15) is 0 Å². The number of aryl methyl sites for hydroxylation is 1. The molecule has 1 heterocycles. The molecule has 0 atom stereocenters. The number of nitrogens with zero attached hydrogens (tertiary/aromatic N) is 1. The summed E-state index contributed by atoms with van der Waals surface area (Å²) < 4.78 is 2.21. The van der Waals surface area contributed by atoms with E-state index in [0.717, 1.165) is 24.3 Å². The normalized spacial score (nSPS) is 11.1. The van der Waals surface area contributed by atoms with Gasteiger partial charge in [-0.05, 0) is 25.6 Å². The minimum absolute atomic E-state index is 0.858. The minimum atomic E-state index is 0.858. The Kier molecular flexibility index (Phi) is 2.64. The maximum absolute atomic E-state index is 6.00. The van der Waals surface area contributed by atoms with Gasteiger partial charge < -0.3 is 15.6 Å². The smallest absolute Gasteiger partial charge is 0.0717 e. The number of aromatic nitrogens is 1. The van der Waals surface area contributed by atoms with Gasteiger partial charge in [0.15, 0.2) is 0 Å². The van der Waals surface area contributed by atoms with Gasteiger partial charge in [-0.25, -0.2) is 0 Å². The molecule has 3 heteroatoms. The molecule has 3 N–H and O–H groups in total. The number of hydrogen-bond acceptors (Lipinski definition) is 2. The van der Waals surface area contributed by atoms with Gasteiger partial charge in [0, 0.05) is 24.7 Å². The molecule has 1 aromatic heterocycles. The van der Waals surface area contributed by atoms with Crippen molar-refractivity contribution in [2.45, 2.75) is 20.0 Å². The van der Waals surface area contributed by atoms with E-state index < -0.39 is 0 Å². The number of para-hydroxylation sites is 1. The quantitative estimate of drug-likeness (QED) is 0.749. The molecule has 0 spiro atoms. The Balaban J connectivity index is 2.69. The lowest BCUT2D eigenvalue weighted by molar-refractivity contribution is 0.775. The zero-order valence-electron chi connectivity index (χ0n) is 9.25. The van der Waals surface area contributed by atoms with E-state index in [1.54, 1.807) is 0 Å². The van der Waals surface area contributed by atoms with Crippen molar-refractivity contribution in [1.29, 1.82) is 0 Å². The molecule has 0 saturated carbocycles. The zero-order valence-corrected chi connectivity index (χ0v) is 9.25. The first-order valence-corrected chi connectivity index (χ1v) is 5.28. The number of benzene rings is 1. The minimum Gasteiger partial charge on any atom is -0.397 e. The number of anilines is 1. The summed E-state index contributed by atoms with van der Waals surface area (Å²) in [7, 11) is 1.96. The number of nitrogens with one attached hydrogen (secondary N) is 1. The van der Waals surface area contributed by atoms with E-state index in [1.807, 2.05) is 19.2 Å². The fourth-order valence-corrected chi connectivity index (χ4v) is 2.04. The van der Waals surface area contributed by atoms with E-state index in [4.69, 9.17) is 5.73 Å². The average molecular weight is 203 g/mol. The van der Waals surface area contributed by atoms with Gasteiger partial charge in [0.05, 0.1) is 11.2 Å². The first-order valence-electron chi connectivity index (χ1n) is 5.28. The molecule has 80 valence electrons. The average Bonchev–Trinajstić information content (AvgIpc) is 2.59. The summed E-state index contributed by atoms with van der Waals surface area (Å²) in [4.78, 5) is 0. The zero-order chi connectivity index (χ0) is 10.8. The van der Waals surface area contributed by atoms with Crippen molar-refractivity contribution in [3.05, 3.63) is 30.0 Å². The summed E-state index contributed by atoms with van der Waals surface area (Å²) in [6, 6.07) is 6.10. The van der Waals surface area contributed by atoms with Crippen LogP contribution in [0.3, 0.4) is 0 Å². The molecule has 0 saturated heterocycles. The molecule has 2 aromatic rings. The molecule has 0 amide bonds. The highest BCUT2D eigenvalue weighted by molar-refractivity contribution is 5.93. The molecule has 0 aliphatic heterocycles. The summed E-state index contributed by atoms with van der Waals surface area (Å²) >= 11 is 0. The number of nitrogens with two attached hydrogens (primary N) is 1. The van der Waals surface area contributed by atoms with Gasteiger partial charge in [0.2, 0.25) is 0 Å². The van der Waals surface area contributed by atoms with Crippen molar-refractivity contribution < 1.29 is 0 Å². The lowest BCUT2D eigenvalue weighted by Gasteiger charge is -2.02. The van der Waals surface area contributed by atoms with Crippen molar-refractivity contribution >= 4 is 16.6 Å². The van der Waals surface area contributed by atoms with Gasteiger partial charge in [0.25, 0.3) is 0 Å². The van der Waals surface area contributed by atoms with Crippen LogP contribution in [0.1, 0.15) is 12.5 Å². The van der Waals surface area contributed by atoms with Crippen molar-refractivity contribution in [2.24, 2.45) is 0 Å². The summed E-state index contributed by atoms with van der Waals surface area (Å²) in [6.07, 6.45) is 2.18. The van der Waals surface area contributed by atoms with Crippen molar-refractivity contribution in [1.82, 2.24) is 9.88 Å². The largest absolute Gasteiger partial charge is 0.397 e. The maximum Gasteiger partial charge on any atom is 0.0717 e. The van der Waals surface area contributed by atoms with Crippen LogP contribution in [-0.4, -0.2) is 11.6 Å². The first kappa shape index (κ1) is 10.1. The van der Waals surface area contributed by atoms with Crippen molar-refractivity contribution in [3.63, 3.8) is 0 Å². The van der Waals surface area contributed by atoms with E-state index in [-0.39, 0.29) is 0 Å². The highest BCUT2D eigenvalue weighted by Gasteiger charge is 2.08. The second-order valence-electron chi connectivity index (χ2n) is 3.71. The van der Waals surface area contributed by atoms with Crippen LogP contribution in [-0.2, 0) is 13.1 Å². The SMILES string of the molecule is CCn1cc(CNC)c2cccc(N)c21. The van der Waals surface area contributed by atoms with Crippen LogP contribution in [0.4, 0.5) is 5.69 Å². The topological polar surface area (TPSA) is 43.0 Å². The summed E-state index contributed by atoms with van der Waals surface area (Å²) in [5.74, 6) is 0. The lowest BCUT2D eigenvalue weighted by Crippen LogP contribution is -2.04. The van der Waals surface area contributed by atoms with Gasteiger partial charge >= 0.3 is 0 Å². The van der Waals surface area contributed by atoms with Crippen LogP contribution in [0.5, 0.6) is 0 Å². The molecule has 0 bridgehead atoms. The Morgan fingerprint density at radius 3 is 2.87 bits per heavy atom. The molecule has 1 aromatic carbocycles. The van der Waals surface area contributed by atoms with Crippen LogP contribution in [0.15, 0.2) is 24.4 Å². The third-order valence-corrected chi connectivity index (χ3v) is 2.72. The molecular formula is C12H17N3. The van der Waals surface area contributed by atoms with Gasteiger partial charge in [0.1, 0.15) is 0 Å². The maximum atomic E-state index is 6.00. The molecular weight excluding hydrogens is 186 g/mol. The Morgan fingerprint density at radius 2 is 2.20 bits per heavy atom. The molecule has 15 heavy (non-hydrogen) atoms. The Morgan fingerprint density at radius 1 is 1.40 bits per heavy atom. The van der Waals surface area contributed by atoms with E-state index in [1.165, 1.54) is 10.9 Å². The Hall–Kier alpha value is -1.48. The van der Waals surface area contributed by atoms with E-state index in [2.05, 4.69) is 29.1 Å².